The molecule has 0 saturated heterocycles. The molecule has 0 aliphatic carbocycles. The van der Waals surface area contributed by atoms with Gasteiger partial charge in [0.15, 0.2) is 0 Å². The van der Waals surface area contributed by atoms with Gasteiger partial charge in [-0.25, -0.2) is 9.97 Å². The molecule has 6 nitrogen and oxygen atoms in total. The third kappa shape index (κ3) is 5.27. The summed E-state index contributed by atoms with van der Waals surface area (Å²) in [6, 6.07) is 11.2. The Kier molecular flexibility index (Phi) is 7.36. The number of aryl methyl sites for hydroxylation is 2. The maximum Gasteiger partial charge on any atom is 0.232 e. The summed E-state index contributed by atoms with van der Waals surface area (Å²) in [6.45, 7) is 3.97. The molecule has 1 atom stereocenters. The topological polar surface area (TPSA) is 73.3 Å². The van der Waals surface area contributed by atoms with Gasteiger partial charge >= 0.3 is 0 Å². The number of carbonyl (C=O) groups excluding carboxylic acids is 1. The van der Waals surface area contributed by atoms with Crippen LogP contribution in [-0.2, 0) is 11.2 Å². The Balaban J connectivity index is 2.01. The molecule has 31 heavy (non-hydrogen) atoms. The van der Waals surface area contributed by atoms with Gasteiger partial charge in [0.05, 0.1) is 25.8 Å². The number of anilines is 1. The van der Waals surface area contributed by atoms with Gasteiger partial charge in [-0.1, -0.05) is 29.8 Å². The first-order valence-corrected chi connectivity index (χ1v) is 10.4. The van der Waals surface area contributed by atoms with Crippen LogP contribution < -0.4 is 14.8 Å². The van der Waals surface area contributed by atoms with Crippen molar-refractivity contribution < 1.29 is 14.3 Å². The summed E-state index contributed by atoms with van der Waals surface area (Å²) in [4.78, 5) is 21.5. The van der Waals surface area contributed by atoms with Crippen molar-refractivity contribution in [2.45, 2.75) is 26.2 Å². The number of halogens is 2. The average molecular weight is 460 g/mol. The van der Waals surface area contributed by atoms with E-state index in [0.29, 0.717) is 29.2 Å². The van der Waals surface area contributed by atoms with Gasteiger partial charge in [-0.2, -0.15) is 0 Å². The van der Waals surface area contributed by atoms with Crippen molar-refractivity contribution in [1.29, 1.82) is 0 Å². The Hall–Kier alpha value is -2.83. The number of amides is 1. The molecule has 1 amide bonds. The molecule has 0 fully saturated rings. The van der Waals surface area contributed by atoms with Crippen LogP contribution >= 0.6 is 23.2 Å². The van der Waals surface area contributed by atoms with Crippen molar-refractivity contribution >= 4 is 34.8 Å². The van der Waals surface area contributed by atoms with E-state index in [4.69, 9.17) is 32.7 Å². The highest BCUT2D eigenvalue weighted by atomic mass is 35.5. The van der Waals surface area contributed by atoms with Crippen LogP contribution in [0.15, 0.2) is 42.6 Å². The number of benzene rings is 2. The molecule has 1 heterocycles. The molecule has 0 saturated carbocycles. The van der Waals surface area contributed by atoms with Gasteiger partial charge in [0, 0.05) is 17.8 Å². The monoisotopic (exact) mass is 459 g/mol. The molecule has 0 bridgehead atoms. The lowest BCUT2D eigenvalue weighted by molar-refractivity contribution is -0.117. The number of carbonyl (C=O) groups is 1. The Bertz CT molecular complexity index is 1090. The van der Waals surface area contributed by atoms with Crippen LogP contribution in [0.2, 0.25) is 10.4 Å². The number of methoxy groups -OCH3 is 2. The number of rotatable bonds is 7. The lowest BCUT2D eigenvalue weighted by atomic mass is 9.86. The van der Waals surface area contributed by atoms with Gasteiger partial charge in [-0.3, -0.25) is 4.79 Å². The van der Waals surface area contributed by atoms with Crippen molar-refractivity contribution in [2.75, 3.05) is 19.5 Å². The maximum atomic E-state index is 13.5. The minimum absolute atomic E-state index is 0.0600. The molecule has 162 valence electrons. The molecule has 0 spiro atoms. The van der Waals surface area contributed by atoms with E-state index in [1.54, 1.807) is 31.5 Å². The minimum atomic E-state index is -0.532. The first kappa shape index (κ1) is 22.8. The van der Waals surface area contributed by atoms with Crippen LogP contribution in [0.3, 0.4) is 0 Å². The lowest BCUT2D eigenvalue weighted by Crippen LogP contribution is -2.25. The molecule has 1 aromatic heterocycles. The highest BCUT2D eigenvalue weighted by molar-refractivity contribution is 6.32. The van der Waals surface area contributed by atoms with Gasteiger partial charge in [-0.05, 0) is 60.7 Å². The highest BCUT2D eigenvalue weighted by Crippen LogP contribution is 2.33. The van der Waals surface area contributed by atoms with Gasteiger partial charge in [0.25, 0.3) is 0 Å². The number of hydrogen-bond acceptors (Lipinski definition) is 5. The van der Waals surface area contributed by atoms with Gasteiger partial charge in [-0.15, -0.1) is 0 Å². The van der Waals surface area contributed by atoms with Crippen LogP contribution in [0.1, 0.15) is 28.2 Å². The normalized spacial score (nSPS) is 11.7. The van der Waals surface area contributed by atoms with Crippen molar-refractivity contribution in [3.63, 3.8) is 0 Å². The zero-order valence-electron chi connectivity index (χ0n) is 17.7. The Labute approximate surface area is 191 Å². The van der Waals surface area contributed by atoms with E-state index in [-0.39, 0.29) is 16.3 Å². The molecule has 0 radical (unpaired) electrons. The summed E-state index contributed by atoms with van der Waals surface area (Å²) < 4.78 is 10.7. The van der Waals surface area contributed by atoms with Crippen molar-refractivity contribution in [1.82, 2.24) is 9.97 Å². The maximum absolute atomic E-state index is 13.5. The number of nitrogens with one attached hydrogen (secondary N) is 1. The van der Waals surface area contributed by atoms with E-state index < -0.39 is 5.92 Å². The van der Waals surface area contributed by atoms with E-state index in [1.165, 1.54) is 7.11 Å². The number of ether oxygens (including phenoxy) is 2. The summed E-state index contributed by atoms with van der Waals surface area (Å²) in [6.07, 6.45) is 1.87. The van der Waals surface area contributed by atoms with Gasteiger partial charge in [0.2, 0.25) is 11.2 Å². The largest absolute Gasteiger partial charge is 0.497 e. The first-order chi connectivity index (χ1) is 14.8. The summed E-state index contributed by atoms with van der Waals surface area (Å²) in [7, 11) is 3.11. The molecule has 1 unspecified atom stereocenters. The fourth-order valence-corrected chi connectivity index (χ4v) is 3.93. The van der Waals surface area contributed by atoms with E-state index in [2.05, 4.69) is 15.3 Å². The Morgan fingerprint density at radius 2 is 1.81 bits per heavy atom. The van der Waals surface area contributed by atoms with Crippen LogP contribution in [0, 0.1) is 13.8 Å². The van der Waals surface area contributed by atoms with Crippen LogP contribution in [0.4, 0.5) is 5.69 Å². The molecular formula is C23H23Cl2N3O3. The fourth-order valence-electron chi connectivity index (χ4n) is 3.55. The molecule has 1 N–H and O–H groups in total. The summed E-state index contributed by atoms with van der Waals surface area (Å²) in [5.41, 5.74) is 4.12. The second kappa shape index (κ2) is 9.98. The Morgan fingerprint density at radius 1 is 1.10 bits per heavy atom. The average Bonchev–Trinajstić information content (AvgIpc) is 2.74. The second-order valence-corrected chi connectivity index (χ2v) is 7.77. The van der Waals surface area contributed by atoms with Crippen LogP contribution in [-0.4, -0.2) is 30.1 Å². The fraction of sp³-hybridized carbons (Fsp3) is 0.261. The first-order valence-electron chi connectivity index (χ1n) is 9.60. The zero-order chi connectivity index (χ0) is 22.5. The molecule has 2 aromatic carbocycles. The third-order valence-corrected chi connectivity index (χ3v) is 5.59. The van der Waals surface area contributed by atoms with Crippen molar-refractivity contribution in [2.24, 2.45) is 0 Å². The predicted molar refractivity (Wildman–Crippen MR) is 123 cm³/mol. The second-order valence-electron chi connectivity index (χ2n) is 7.07. The highest BCUT2D eigenvalue weighted by Gasteiger charge is 2.26. The summed E-state index contributed by atoms with van der Waals surface area (Å²) >= 11 is 12.1. The molecule has 3 aromatic rings. The van der Waals surface area contributed by atoms with E-state index in [9.17, 15) is 4.79 Å². The molecular weight excluding hydrogens is 437 g/mol. The van der Waals surface area contributed by atoms with Gasteiger partial charge < -0.3 is 14.8 Å². The Morgan fingerprint density at radius 3 is 2.42 bits per heavy atom. The van der Waals surface area contributed by atoms with Gasteiger partial charge in [0.1, 0.15) is 16.7 Å². The standard InChI is InChI=1S/C23H23Cl2N3O3/c1-13-6-5-7-14(2)20(13)17(10-15-12-26-23(25)28-21(15)24)22(29)27-18-9-8-16(30-3)11-19(18)31-4/h5-9,11-12,17H,10H2,1-4H3,(H,27,29). The SMILES string of the molecule is COc1ccc(NC(=O)C(Cc2cnc(Cl)nc2Cl)c2c(C)cccc2C)c(OC)c1. The van der Waals surface area contributed by atoms with E-state index in [0.717, 1.165) is 16.7 Å². The number of nitrogens with zero attached hydrogens (tertiary/aromatic N) is 2. The number of hydrogen-bond donors (Lipinski definition) is 1. The molecule has 0 aliphatic rings. The molecule has 3 rings (SSSR count). The lowest BCUT2D eigenvalue weighted by Gasteiger charge is -2.22. The van der Waals surface area contributed by atoms with Crippen LogP contribution in [0.5, 0.6) is 11.5 Å². The minimum Gasteiger partial charge on any atom is -0.497 e. The predicted octanol–water partition coefficient (Wildman–Crippen LogP) is 5.38. The smallest absolute Gasteiger partial charge is 0.232 e. The summed E-state index contributed by atoms with van der Waals surface area (Å²) in [5, 5.41) is 3.28. The van der Waals surface area contributed by atoms with Crippen LogP contribution in [0.25, 0.3) is 0 Å². The van der Waals surface area contributed by atoms with E-state index in [1.807, 2.05) is 32.0 Å². The van der Waals surface area contributed by atoms with E-state index >= 15 is 0 Å². The zero-order valence-corrected chi connectivity index (χ0v) is 19.2. The quantitative estimate of drug-likeness (QED) is 0.379. The number of aromatic nitrogens is 2. The summed E-state index contributed by atoms with van der Waals surface area (Å²) in [5.74, 6) is 0.397. The van der Waals surface area contributed by atoms with Crippen molar-refractivity contribution in [3.8, 4) is 11.5 Å². The molecule has 0 aliphatic heterocycles. The van der Waals surface area contributed by atoms with Crippen molar-refractivity contribution in [3.05, 3.63) is 75.3 Å². The third-order valence-electron chi connectivity index (χ3n) is 5.08. The molecule has 8 heteroatoms.